The van der Waals surface area contributed by atoms with E-state index in [-0.39, 0.29) is 0 Å². The predicted molar refractivity (Wildman–Crippen MR) is 37.8 cm³/mol. The van der Waals surface area contributed by atoms with Gasteiger partial charge in [0.15, 0.2) is 0 Å². The normalized spacial score (nSPS) is 10.2. The van der Waals surface area contributed by atoms with Crippen molar-refractivity contribution in [2.24, 2.45) is 5.50 Å². The van der Waals surface area contributed by atoms with Gasteiger partial charge in [0.1, 0.15) is 0 Å². The van der Waals surface area contributed by atoms with Crippen LogP contribution in [-0.2, 0) is 4.57 Å². The third-order valence-corrected chi connectivity index (χ3v) is 0.714. The van der Waals surface area contributed by atoms with E-state index in [1.165, 1.54) is 0 Å². The van der Waals surface area contributed by atoms with Crippen molar-refractivity contribution in [1.82, 2.24) is 0 Å². The maximum absolute atomic E-state index is 9.58. The molecule has 0 spiro atoms. The highest BCUT2D eigenvalue weighted by molar-refractivity contribution is 7.55. The average molecular weight is 189 g/mol. The fourth-order valence-corrected chi connectivity index (χ4v) is 0. The van der Waals surface area contributed by atoms with Gasteiger partial charge >= 0.3 is 7.60 Å². The first-order chi connectivity index (χ1) is 4.29. The molecule has 0 aliphatic heterocycles. The van der Waals surface area contributed by atoms with E-state index in [2.05, 4.69) is 12.1 Å². The Bertz CT molecular complexity index is 127. The number of hydrogen-bond acceptors (Lipinski definition) is 4. The maximum atomic E-state index is 9.58. The fraction of sp³-hybridized carbons (Fsp3) is 0. The molecule has 6 nitrogen and oxygen atoms in total. The van der Waals surface area contributed by atoms with Crippen molar-refractivity contribution in [3.8, 4) is 0 Å². The quantitative estimate of drug-likeness (QED) is 0.353. The van der Waals surface area contributed by atoms with Crippen LogP contribution in [0, 0.1) is 0 Å². The molecule has 8 heteroatoms. The first-order valence-electron chi connectivity index (χ1n) is 1.91. The van der Waals surface area contributed by atoms with Crippen LogP contribution in [0.2, 0.25) is 0 Å². The highest BCUT2D eigenvalue weighted by atomic mass is 31.2. The molecule has 0 bridgehead atoms. The summed E-state index contributed by atoms with van der Waals surface area (Å²) in [6.07, 6.45) is 0. The second kappa shape index (κ2) is 5.95. The van der Waals surface area contributed by atoms with Crippen molar-refractivity contribution >= 4 is 16.1 Å². The van der Waals surface area contributed by atoms with Crippen LogP contribution in [-0.4, -0.2) is 19.6 Å². The smallest absolute Gasteiger partial charge is 0.338 e. The molecule has 0 aromatic carbocycles. The third kappa shape index (κ3) is 41.5. The highest BCUT2D eigenvalue weighted by Crippen LogP contribution is 2.34. The van der Waals surface area contributed by atoms with E-state index in [9.17, 15) is 4.57 Å². The topological polar surface area (TPSA) is 124 Å². The first kappa shape index (κ1) is 12.8. The van der Waals surface area contributed by atoms with Crippen LogP contribution < -0.4 is 5.50 Å². The molecular weight excluding hydrogens is 180 g/mol. The van der Waals surface area contributed by atoms with Gasteiger partial charge in [0.2, 0.25) is 8.53 Å². The SMILES string of the molecule is C=CP(=O)(O)O.NP(O)O. The summed E-state index contributed by atoms with van der Waals surface area (Å²) < 4.78 is 9.58. The summed E-state index contributed by atoms with van der Waals surface area (Å²) in [7, 11) is -6.00. The van der Waals surface area contributed by atoms with Gasteiger partial charge in [-0.25, -0.2) is 0 Å². The van der Waals surface area contributed by atoms with Gasteiger partial charge in [-0.05, 0) is 0 Å². The Morgan fingerprint density at radius 1 is 1.50 bits per heavy atom. The Balaban J connectivity index is 0. The summed E-state index contributed by atoms with van der Waals surface area (Å²) in [4.78, 5) is 30.5. The van der Waals surface area contributed by atoms with E-state index < -0.39 is 16.1 Å². The molecule has 6 N–H and O–H groups in total. The van der Waals surface area contributed by atoms with Crippen LogP contribution in [0.25, 0.3) is 0 Å². The van der Waals surface area contributed by atoms with Crippen LogP contribution >= 0.6 is 16.1 Å². The van der Waals surface area contributed by atoms with Crippen molar-refractivity contribution < 1.29 is 24.1 Å². The minimum atomic E-state index is -3.88. The van der Waals surface area contributed by atoms with Crippen molar-refractivity contribution in [2.75, 3.05) is 0 Å². The monoisotopic (exact) mass is 189 g/mol. The summed E-state index contributed by atoms with van der Waals surface area (Å²) in [6.45, 7) is 2.87. The summed E-state index contributed by atoms with van der Waals surface area (Å²) in [6, 6.07) is 0. The van der Waals surface area contributed by atoms with Crippen molar-refractivity contribution in [3.63, 3.8) is 0 Å². The minimum absolute atomic E-state index is 0.604. The van der Waals surface area contributed by atoms with Gasteiger partial charge in [0.05, 0.1) is 0 Å². The Kier molecular flexibility index (Phi) is 7.63. The molecule has 0 saturated carbocycles. The van der Waals surface area contributed by atoms with Crippen LogP contribution in [0.3, 0.4) is 0 Å². The highest BCUT2D eigenvalue weighted by Gasteiger charge is 2.00. The maximum Gasteiger partial charge on any atom is 0.348 e. The van der Waals surface area contributed by atoms with E-state index in [1.54, 1.807) is 0 Å². The Labute approximate surface area is 59.1 Å². The van der Waals surface area contributed by atoms with Gasteiger partial charge < -0.3 is 19.6 Å². The number of hydrogen-bond donors (Lipinski definition) is 5. The Morgan fingerprint density at radius 3 is 1.60 bits per heavy atom. The first-order valence-corrected chi connectivity index (χ1v) is 4.91. The third-order valence-electron chi connectivity index (χ3n) is 0.238. The summed E-state index contributed by atoms with van der Waals surface area (Å²) in [5.74, 6) is 0.604. The van der Waals surface area contributed by atoms with Gasteiger partial charge in [0.25, 0.3) is 0 Å². The molecule has 0 radical (unpaired) electrons. The Morgan fingerprint density at radius 2 is 1.60 bits per heavy atom. The molecule has 0 atom stereocenters. The van der Waals surface area contributed by atoms with Crippen LogP contribution in [0.15, 0.2) is 12.4 Å². The molecule has 0 unspecified atom stereocenters. The lowest BCUT2D eigenvalue weighted by Crippen LogP contribution is -1.78. The second-order valence-electron chi connectivity index (χ2n) is 1.09. The molecule has 0 aromatic heterocycles. The molecule has 0 rings (SSSR count). The second-order valence-corrected chi connectivity index (χ2v) is 3.28. The molecule has 0 fully saturated rings. The van der Waals surface area contributed by atoms with Gasteiger partial charge in [-0.1, -0.05) is 6.58 Å². The summed E-state index contributed by atoms with van der Waals surface area (Å²) >= 11 is 0. The van der Waals surface area contributed by atoms with E-state index in [0.29, 0.717) is 5.82 Å². The molecule has 0 heterocycles. The predicted octanol–water partition coefficient (Wildman–Crippen LogP) is -0.536. The van der Waals surface area contributed by atoms with E-state index >= 15 is 0 Å². The van der Waals surface area contributed by atoms with E-state index in [4.69, 9.17) is 19.6 Å². The largest absolute Gasteiger partial charge is 0.348 e. The molecule has 0 aliphatic carbocycles. The number of rotatable bonds is 1. The fourth-order valence-electron chi connectivity index (χ4n) is 0. The Hall–Kier alpha value is 0.200. The molecule has 10 heavy (non-hydrogen) atoms. The van der Waals surface area contributed by atoms with Gasteiger partial charge in [-0.2, -0.15) is 0 Å². The van der Waals surface area contributed by atoms with Crippen molar-refractivity contribution in [2.45, 2.75) is 0 Å². The lowest BCUT2D eigenvalue weighted by atomic mass is 11.3. The van der Waals surface area contributed by atoms with Crippen molar-refractivity contribution in [3.05, 3.63) is 12.4 Å². The standard InChI is InChI=1S/C2H5O3P.H4NO2P/c1-2-6(3,4)5;1-4(2)3/h2H,1H2,(H2,3,4,5);2-3H,1H2. The molecule has 0 amide bonds. The van der Waals surface area contributed by atoms with Gasteiger partial charge in [-0.3, -0.25) is 10.1 Å². The lowest BCUT2D eigenvalue weighted by molar-refractivity contribution is 0.386. The minimum Gasteiger partial charge on any atom is -0.338 e. The molecule has 0 saturated heterocycles. The summed E-state index contributed by atoms with van der Waals surface area (Å²) in [5, 5.41) is 0. The van der Waals surface area contributed by atoms with Crippen LogP contribution in [0.5, 0.6) is 0 Å². The molecule has 62 valence electrons. The number of nitrogens with two attached hydrogens (primary N) is 1. The van der Waals surface area contributed by atoms with E-state index in [1.807, 2.05) is 0 Å². The van der Waals surface area contributed by atoms with Crippen molar-refractivity contribution in [1.29, 1.82) is 0 Å². The molecular formula is C2H9NO5P2. The summed E-state index contributed by atoms with van der Waals surface area (Å²) in [5.41, 5.74) is 4.29. The zero-order valence-corrected chi connectivity index (χ0v) is 6.74. The zero-order valence-electron chi connectivity index (χ0n) is 4.95. The van der Waals surface area contributed by atoms with E-state index in [0.717, 1.165) is 0 Å². The molecule has 0 aliphatic rings. The average Bonchev–Trinajstić information content (AvgIpc) is 1.63. The zero-order chi connectivity index (χ0) is 8.78. The van der Waals surface area contributed by atoms with Gasteiger partial charge in [0, 0.05) is 5.82 Å². The molecule has 0 aromatic rings. The lowest BCUT2D eigenvalue weighted by Gasteiger charge is -1.87. The van der Waals surface area contributed by atoms with Gasteiger partial charge in [-0.15, -0.1) is 0 Å². The van der Waals surface area contributed by atoms with Crippen LogP contribution in [0.4, 0.5) is 0 Å². The van der Waals surface area contributed by atoms with Crippen LogP contribution in [0.1, 0.15) is 0 Å².